The second-order valence-corrected chi connectivity index (χ2v) is 8.16. The first-order valence-electron chi connectivity index (χ1n) is 9.94. The Morgan fingerprint density at radius 3 is 2.81 bits per heavy atom. The second-order valence-electron chi connectivity index (χ2n) is 6.83. The normalized spacial score (nSPS) is 15.4. The number of amides is 1. The molecule has 0 saturated carbocycles. The van der Waals surface area contributed by atoms with Gasteiger partial charge in [0.05, 0.1) is 24.0 Å². The van der Waals surface area contributed by atoms with Crippen LogP contribution in [0, 0.1) is 0 Å². The molecule has 166 valence electrons. The van der Waals surface area contributed by atoms with E-state index in [9.17, 15) is 4.79 Å². The molecule has 0 bridgehead atoms. The number of para-hydroxylation sites is 2. The Labute approximate surface area is 195 Å². The summed E-state index contributed by atoms with van der Waals surface area (Å²) in [7, 11) is 1.59. The van der Waals surface area contributed by atoms with Crippen LogP contribution in [0.1, 0.15) is 23.2 Å². The molecule has 1 atom stereocenters. The van der Waals surface area contributed by atoms with Crippen LogP contribution in [-0.2, 0) is 9.47 Å². The number of ether oxygens (including phenoxy) is 4. The van der Waals surface area contributed by atoms with E-state index in [1.54, 1.807) is 25.3 Å². The molecule has 9 heteroatoms. The zero-order valence-electron chi connectivity index (χ0n) is 17.2. The quantitative estimate of drug-likeness (QED) is 0.388. The maximum Gasteiger partial charge on any atom is 0.261 e. The molecule has 0 aromatic heterocycles. The van der Waals surface area contributed by atoms with Gasteiger partial charge >= 0.3 is 0 Å². The van der Waals surface area contributed by atoms with Gasteiger partial charge in [0, 0.05) is 18.2 Å². The number of hydrogen-bond donors (Lipinski definition) is 2. The topological polar surface area (TPSA) is 78.1 Å². The minimum absolute atomic E-state index is 0.104. The third-order valence-electron chi connectivity index (χ3n) is 4.54. The standard InChI is InChI=1S/C22H25BrN2O5S/c1-27-11-12-29-19-9-8-15(23)13-17(19)21(26)25-22(31)24-18-6-2-3-7-20(18)30-14-16-5-4-10-28-16/h2-3,6-9,13,16H,4-5,10-12,14H2,1H3,(H2,24,25,26,31). The maximum atomic E-state index is 12.8. The van der Waals surface area contributed by atoms with Gasteiger partial charge in [-0.25, -0.2) is 0 Å². The van der Waals surface area contributed by atoms with Gasteiger partial charge in [-0.15, -0.1) is 0 Å². The number of benzene rings is 2. The molecule has 1 fully saturated rings. The molecule has 7 nitrogen and oxygen atoms in total. The number of carbonyl (C=O) groups is 1. The van der Waals surface area contributed by atoms with Gasteiger partial charge in [-0.2, -0.15) is 0 Å². The molecule has 3 rings (SSSR count). The van der Waals surface area contributed by atoms with E-state index in [0.717, 1.165) is 23.9 Å². The van der Waals surface area contributed by atoms with Crippen LogP contribution in [0.3, 0.4) is 0 Å². The number of hydrogen-bond acceptors (Lipinski definition) is 6. The highest BCUT2D eigenvalue weighted by molar-refractivity contribution is 9.10. The monoisotopic (exact) mass is 508 g/mol. The van der Waals surface area contributed by atoms with Crippen molar-refractivity contribution in [2.45, 2.75) is 18.9 Å². The lowest BCUT2D eigenvalue weighted by molar-refractivity contribution is 0.0682. The van der Waals surface area contributed by atoms with Crippen molar-refractivity contribution in [2.75, 3.05) is 38.9 Å². The zero-order chi connectivity index (χ0) is 22.1. The molecule has 2 aromatic rings. The molecule has 1 aliphatic rings. The number of thiocarbonyl (C=S) groups is 1. The van der Waals surface area contributed by atoms with E-state index in [1.807, 2.05) is 24.3 Å². The van der Waals surface area contributed by atoms with Crippen molar-refractivity contribution >= 4 is 44.9 Å². The fraction of sp³-hybridized carbons (Fsp3) is 0.364. The predicted molar refractivity (Wildman–Crippen MR) is 126 cm³/mol. The van der Waals surface area contributed by atoms with Crippen molar-refractivity contribution in [3.8, 4) is 11.5 Å². The molecule has 2 N–H and O–H groups in total. The van der Waals surface area contributed by atoms with E-state index in [4.69, 9.17) is 31.2 Å². The number of methoxy groups -OCH3 is 1. The Morgan fingerprint density at radius 2 is 2.03 bits per heavy atom. The first kappa shape index (κ1) is 23.5. The summed E-state index contributed by atoms with van der Waals surface area (Å²) in [5, 5.41) is 5.88. The van der Waals surface area contributed by atoms with E-state index >= 15 is 0 Å². The zero-order valence-corrected chi connectivity index (χ0v) is 19.6. The molecular formula is C22H25BrN2O5S. The summed E-state index contributed by atoms with van der Waals surface area (Å²) in [6, 6.07) is 12.6. The molecule has 1 unspecified atom stereocenters. The van der Waals surface area contributed by atoms with Crippen molar-refractivity contribution in [2.24, 2.45) is 0 Å². The van der Waals surface area contributed by atoms with Gasteiger partial charge < -0.3 is 24.3 Å². The van der Waals surface area contributed by atoms with Crippen LogP contribution in [0.2, 0.25) is 0 Å². The summed E-state index contributed by atoms with van der Waals surface area (Å²) in [6.45, 7) is 1.99. The average Bonchev–Trinajstić information content (AvgIpc) is 3.28. The smallest absolute Gasteiger partial charge is 0.261 e. The molecule has 1 aliphatic heterocycles. The predicted octanol–water partition coefficient (Wildman–Crippen LogP) is 4.16. The number of carbonyl (C=O) groups excluding carboxylic acids is 1. The summed E-state index contributed by atoms with van der Waals surface area (Å²) in [6.07, 6.45) is 2.15. The summed E-state index contributed by atoms with van der Waals surface area (Å²) < 4.78 is 22.9. The molecule has 31 heavy (non-hydrogen) atoms. The van der Waals surface area contributed by atoms with Crippen molar-refractivity contribution in [3.63, 3.8) is 0 Å². The Bertz CT molecular complexity index is 905. The summed E-state index contributed by atoms with van der Waals surface area (Å²) >= 11 is 8.74. The van der Waals surface area contributed by atoms with Crippen LogP contribution in [0.5, 0.6) is 11.5 Å². The van der Waals surface area contributed by atoms with Crippen LogP contribution in [0.4, 0.5) is 5.69 Å². The van der Waals surface area contributed by atoms with Gasteiger partial charge in [0.2, 0.25) is 0 Å². The van der Waals surface area contributed by atoms with Crippen LogP contribution in [0.25, 0.3) is 0 Å². The molecule has 0 spiro atoms. The Hall–Kier alpha value is -2.20. The van der Waals surface area contributed by atoms with E-state index in [2.05, 4.69) is 26.6 Å². The van der Waals surface area contributed by atoms with Crippen molar-refractivity contribution < 1.29 is 23.7 Å². The first-order chi connectivity index (χ1) is 15.1. The molecule has 0 aliphatic carbocycles. The molecule has 1 heterocycles. The third kappa shape index (κ3) is 7.17. The molecule has 0 radical (unpaired) electrons. The van der Waals surface area contributed by atoms with Gasteiger partial charge in [-0.3, -0.25) is 10.1 Å². The number of halogens is 1. The lowest BCUT2D eigenvalue weighted by atomic mass is 10.2. The van der Waals surface area contributed by atoms with Gasteiger partial charge in [0.15, 0.2) is 5.11 Å². The van der Waals surface area contributed by atoms with E-state index in [1.165, 1.54) is 0 Å². The minimum Gasteiger partial charge on any atom is -0.490 e. The maximum absolute atomic E-state index is 12.8. The van der Waals surface area contributed by atoms with Crippen molar-refractivity contribution in [1.29, 1.82) is 0 Å². The average molecular weight is 509 g/mol. The Morgan fingerprint density at radius 1 is 1.19 bits per heavy atom. The fourth-order valence-electron chi connectivity index (χ4n) is 3.02. The van der Waals surface area contributed by atoms with Crippen LogP contribution >= 0.6 is 28.1 Å². The van der Waals surface area contributed by atoms with Crippen molar-refractivity contribution in [3.05, 3.63) is 52.5 Å². The Kier molecular flexibility index (Phi) is 9.08. The molecule has 2 aromatic carbocycles. The largest absolute Gasteiger partial charge is 0.490 e. The number of anilines is 1. The van der Waals surface area contributed by atoms with Gasteiger partial charge in [-0.1, -0.05) is 28.1 Å². The molecule has 1 saturated heterocycles. The van der Waals surface area contributed by atoms with E-state index in [-0.39, 0.29) is 17.1 Å². The summed E-state index contributed by atoms with van der Waals surface area (Å²) in [5.74, 6) is 0.700. The lowest BCUT2D eigenvalue weighted by Gasteiger charge is -2.17. The SMILES string of the molecule is COCCOc1ccc(Br)cc1C(=O)NC(=S)Nc1ccccc1OCC1CCCO1. The second kappa shape index (κ2) is 12.0. The lowest BCUT2D eigenvalue weighted by Crippen LogP contribution is -2.34. The Balaban J connectivity index is 1.62. The highest BCUT2D eigenvalue weighted by atomic mass is 79.9. The minimum atomic E-state index is -0.385. The highest BCUT2D eigenvalue weighted by Crippen LogP contribution is 2.26. The summed E-state index contributed by atoms with van der Waals surface area (Å²) in [5.41, 5.74) is 1.02. The van der Waals surface area contributed by atoms with Crippen LogP contribution in [0.15, 0.2) is 46.9 Å². The van der Waals surface area contributed by atoms with Crippen molar-refractivity contribution in [1.82, 2.24) is 5.32 Å². The third-order valence-corrected chi connectivity index (χ3v) is 5.24. The molecular weight excluding hydrogens is 484 g/mol. The number of nitrogens with one attached hydrogen (secondary N) is 2. The van der Waals surface area contributed by atoms with E-state index < -0.39 is 0 Å². The van der Waals surface area contributed by atoms with Gasteiger partial charge in [0.1, 0.15) is 24.7 Å². The fourth-order valence-corrected chi connectivity index (χ4v) is 3.58. The van der Waals surface area contributed by atoms with Crippen LogP contribution in [-0.4, -0.2) is 50.7 Å². The highest BCUT2D eigenvalue weighted by Gasteiger charge is 2.18. The van der Waals surface area contributed by atoms with Crippen LogP contribution < -0.4 is 20.1 Å². The first-order valence-corrected chi connectivity index (χ1v) is 11.1. The number of rotatable bonds is 9. The van der Waals surface area contributed by atoms with E-state index in [0.29, 0.717) is 42.6 Å². The van der Waals surface area contributed by atoms with Gasteiger partial charge in [-0.05, 0) is 55.4 Å². The molecule has 1 amide bonds. The van der Waals surface area contributed by atoms with Gasteiger partial charge in [0.25, 0.3) is 5.91 Å². The summed E-state index contributed by atoms with van der Waals surface area (Å²) in [4.78, 5) is 12.8.